The number of ketones is 1. The van der Waals surface area contributed by atoms with Gasteiger partial charge in [-0.15, -0.1) is 0 Å². The topological polar surface area (TPSA) is 92.7 Å². The van der Waals surface area contributed by atoms with Crippen molar-refractivity contribution < 1.29 is 9.18 Å². The maximum absolute atomic E-state index is 15.4. The smallest absolute Gasteiger partial charge is 0.316 e. The van der Waals surface area contributed by atoms with Crippen LogP contribution in [0, 0.1) is 24.1 Å². The van der Waals surface area contributed by atoms with Gasteiger partial charge in [-0.3, -0.25) is 9.78 Å². The van der Waals surface area contributed by atoms with Crippen LogP contribution >= 0.6 is 0 Å². The summed E-state index contributed by atoms with van der Waals surface area (Å²) in [5.74, 6) is 0.187. The van der Waals surface area contributed by atoms with Crippen LogP contribution in [0.3, 0.4) is 0 Å². The van der Waals surface area contributed by atoms with Gasteiger partial charge < -0.3 is 5.32 Å². The van der Waals surface area contributed by atoms with Gasteiger partial charge in [-0.25, -0.2) is 18.9 Å². The zero-order chi connectivity index (χ0) is 24.2. The summed E-state index contributed by atoms with van der Waals surface area (Å²) in [5, 5.41) is 11.0. The molecule has 2 aromatic heterocycles. The van der Waals surface area contributed by atoms with E-state index >= 15 is 4.39 Å². The Morgan fingerprint density at radius 2 is 1.91 bits per heavy atom. The van der Waals surface area contributed by atoms with Gasteiger partial charge in [-0.2, -0.15) is 5.10 Å². The van der Waals surface area contributed by atoms with E-state index in [1.165, 1.54) is 10.6 Å². The summed E-state index contributed by atoms with van der Waals surface area (Å²) < 4.78 is 16.7. The summed E-state index contributed by atoms with van der Waals surface area (Å²) in [6, 6.07) is 14.6. The zero-order valence-electron chi connectivity index (χ0n) is 19.5. The van der Waals surface area contributed by atoms with Crippen molar-refractivity contribution in [3.05, 3.63) is 76.4 Å². The Balaban J connectivity index is 1.36. The molecule has 7 nitrogen and oxygen atoms in total. The lowest BCUT2D eigenvalue weighted by molar-refractivity contribution is -0.129. The first-order valence-corrected chi connectivity index (χ1v) is 12.0. The molecule has 35 heavy (non-hydrogen) atoms. The van der Waals surface area contributed by atoms with Crippen molar-refractivity contribution in [1.82, 2.24) is 25.1 Å². The first-order chi connectivity index (χ1) is 16.9. The molecule has 2 fully saturated rings. The minimum atomic E-state index is -0.600. The van der Waals surface area contributed by atoms with Crippen molar-refractivity contribution in [2.75, 3.05) is 13.1 Å². The molecular weight excluding hydrogens is 445 g/mol. The first kappa shape index (κ1) is 21.9. The molecule has 0 spiro atoms. The second kappa shape index (κ2) is 8.23. The fraction of sp³-hybridized carbons (Fsp3) is 0.333. The number of benzene rings is 2. The maximum Gasteiger partial charge on any atom is 0.348 e. The third-order valence-electron chi connectivity index (χ3n) is 7.31. The highest BCUT2D eigenvalue weighted by atomic mass is 19.1. The van der Waals surface area contributed by atoms with Crippen molar-refractivity contribution in [2.45, 2.75) is 32.6 Å². The number of aryl methyl sites for hydroxylation is 1. The molecule has 0 radical (unpaired) electrons. The molecule has 1 saturated carbocycles. The number of hydrogen-bond acceptors (Lipinski definition) is 5. The summed E-state index contributed by atoms with van der Waals surface area (Å²) in [7, 11) is 0. The molecular formula is C27H26FN5O2. The summed E-state index contributed by atoms with van der Waals surface area (Å²) in [4.78, 5) is 30.4. The number of halogens is 1. The van der Waals surface area contributed by atoms with Crippen LogP contribution in [0.5, 0.6) is 0 Å². The number of pyridine rings is 1. The molecule has 1 saturated heterocycles. The molecule has 3 heterocycles. The summed E-state index contributed by atoms with van der Waals surface area (Å²) >= 11 is 0. The molecule has 2 aliphatic rings. The molecule has 1 atom stereocenters. The number of carbonyl (C=O) groups excluding carboxylic acids is 1. The fourth-order valence-electron chi connectivity index (χ4n) is 5.24. The number of rotatable bonds is 6. The van der Waals surface area contributed by atoms with Gasteiger partial charge in [0.15, 0.2) is 0 Å². The minimum Gasteiger partial charge on any atom is -0.316 e. The van der Waals surface area contributed by atoms with Crippen LogP contribution in [0.1, 0.15) is 30.8 Å². The van der Waals surface area contributed by atoms with Crippen LogP contribution < -0.4 is 11.0 Å². The van der Waals surface area contributed by atoms with Gasteiger partial charge in [0.25, 0.3) is 0 Å². The standard InChI is InChI=1S/C27H26FN5O2/c1-16-2-3-17-4-7-20(13-22(17)30-16)19-8-9-23(21(28)12-19)33-24(31-32-26(33)35)14-27(10-11-29-15-27)25(34)18-5-6-18/h2-4,7-9,12-13,18,29H,5-6,10-11,14-15H2,1H3,(H,32,35)/t27-/m0/s1. The van der Waals surface area contributed by atoms with Gasteiger partial charge in [0.2, 0.25) is 0 Å². The van der Waals surface area contributed by atoms with E-state index in [0.29, 0.717) is 30.8 Å². The van der Waals surface area contributed by atoms with E-state index in [9.17, 15) is 9.59 Å². The third kappa shape index (κ3) is 3.87. The number of Topliss-reactive ketones (excluding diaryl/α,β-unsaturated/α-hetero) is 1. The van der Waals surface area contributed by atoms with Gasteiger partial charge >= 0.3 is 5.69 Å². The van der Waals surface area contributed by atoms with Crippen molar-refractivity contribution >= 4 is 16.7 Å². The summed E-state index contributed by atoms with van der Waals surface area (Å²) in [5.41, 5.74) is 2.29. The second-order valence-electron chi connectivity index (χ2n) is 9.83. The van der Waals surface area contributed by atoms with Crippen LogP contribution in [-0.4, -0.2) is 38.6 Å². The Morgan fingerprint density at radius 3 is 2.66 bits per heavy atom. The molecule has 1 aliphatic heterocycles. The molecule has 6 rings (SSSR count). The number of aromatic amines is 1. The average molecular weight is 472 g/mol. The molecule has 178 valence electrons. The second-order valence-corrected chi connectivity index (χ2v) is 9.83. The predicted molar refractivity (Wildman–Crippen MR) is 131 cm³/mol. The normalized spacial score (nSPS) is 19.9. The van der Waals surface area contributed by atoms with Crippen molar-refractivity contribution in [2.24, 2.45) is 11.3 Å². The van der Waals surface area contributed by atoms with Crippen LogP contribution in [0.4, 0.5) is 4.39 Å². The van der Waals surface area contributed by atoms with E-state index < -0.39 is 16.9 Å². The Bertz CT molecular complexity index is 1510. The SMILES string of the molecule is Cc1ccc2ccc(-c3ccc(-n4c(C[C@@]5(C(=O)C6CC6)CCNC5)n[nH]c4=O)c(F)c3)cc2n1. The number of nitrogens with zero attached hydrogens (tertiary/aromatic N) is 3. The van der Waals surface area contributed by atoms with Gasteiger partial charge in [0.05, 0.1) is 11.2 Å². The lowest BCUT2D eigenvalue weighted by atomic mass is 9.77. The van der Waals surface area contributed by atoms with Crippen molar-refractivity contribution in [3.63, 3.8) is 0 Å². The number of nitrogens with one attached hydrogen (secondary N) is 2. The Morgan fingerprint density at radius 1 is 1.14 bits per heavy atom. The lowest BCUT2D eigenvalue weighted by Crippen LogP contribution is -2.38. The monoisotopic (exact) mass is 471 g/mol. The predicted octanol–water partition coefficient (Wildman–Crippen LogP) is 3.72. The lowest BCUT2D eigenvalue weighted by Gasteiger charge is -2.26. The van der Waals surface area contributed by atoms with Gasteiger partial charge in [-0.05, 0) is 68.1 Å². The van der Waals surface area contributed by atoms with E-state index in [0.717, 1.165) is 41.5 Å². The Hall–Kier alpha value is -3.65. The van der Waals surface area contributed by atoms with E-state index in [1.54, 1.807) is 12.1 Å². The number of fused-ring (bicyclic) bond motifs is 1. The highest BCUT2D eigenvalue weighted by Crippen LogP contribution is 2.42. The van der Waals surface area contributed by atoms with Crippen LogP contribution in [0.2, 0.25) is 0 Å². The van der Waals surface area contributed by atoms with E-state index in [1.807, 2.05) is 37.3 Å². The molecule has 0 amide bonds. The summed E-state index contributed by atoms with van der Waals surface area (Å²) in [6.07, 6.45) is 2.84. The number of carbonyl (C=O) groups is 1. The maximum atomic E-state index is 15.4. The van der Waals surface area contributed by atoms with Crippen molar-refractivity contribution in [3.8, 4) is 16.8 Å². The molecule has 4 aromatic rings. The van der Waals surface area contributed by atoms with Crippen molar-refractivity contribution in [1.29, 1.82) is 0 Å². The molecule has 2 N–H and O–H groups in total. The van der Waals surface area contributed by atoms with Crippen LogP contribution in [-0.2, 0) is 11.2 Å². The highest BCUT2D eigenvalue weighted by molar-refractivity contribution is 5.89. The van der Waals surface area contributed by atoms with E-state index in [2.05, 4.69) is 20.5 Å². The molecule has 0 bridgehead atoms. The van der Waals surface area contributed by atoms with Crippen LogP contribution in [0.15, 0.2) is 53.3 Å². The van der Waals surface area contributed by atoms with E-state index in [4.69, 9.17) is 0 Å². The highest BCUT2D eigenvalue weighted by Gasteiger charge is 2.48. The van der Waals surface area contributed by atoms with Gasteiger partial charge in [0, 0.05) is 35.4 Å². The largest absolute Gasteiger partial charge is 0.348 e. The third-order valence-corrected chi connectivity index (χ3v) is 7.31. The molecule has 8 heteroatoms. The fourth-order valence-corrected chi connectivity index (χ4v) is 5.24. The molecule has 1 aliphatic carbocycles. The number of hydrogen-bond donors (Lipinski definition) is 2. The minimum absolute atomic E-state index is 0.102. The molecule has 0 unspecified atom stereocenters. The first-order valence-electron chi connectivity index (χ1n) is 12.0. The average Bonchev–Trinajstić information content (AvgIpc) is 3.50. The summed E-state index contributed by atoms with van der Waals surface area (Å²) in [6.45, 7) is 3.24. The molecule has 2 aromatic carbocycles. The quantitative estimate of drug-likeness (QED) is 0.447. The zero-order valence-corrected chi connectivity index (χ0v) is 19.5. The number of H-pyrrole nitrogens is 1. The Kier molecular flexibility index (Phi) is 5.14. The van der Waals surface area contributed by atoms with E-state index in [-0.39, 0.29) is 17.4 Å². The number of aromatic nitrogens is 4. The van der Waals surface area contributed by atoms with Gasteiger partial charge in [0.1, 0.15) is 17.4 Å². The van der Waals surface area contributed by atoms with Gasteiger partial charge in [-0.1, -0.05) is 24.3 Å². The Labute approximate surface area is 201 Å². The van der Waals surface area contributed by atoms with Crippen LogP contribution in [0.25, 0.3) is 27.7 Å².